The Morgan fingerprint density at radius 2 is 1.94 bits per heavy atom. The SMILES string of the molecule is CC(C)(C)OC(=O)N1CCC(N)(CC(F)(F)F)C1. The van der Waals surface area contributed by atoms with E-state index in [1.165, 1.54) is 4.90 Å². The number of carbonyl (C=O) groups excluding carboxylic acids is 1. The Bertz CT molecular complexity index is 325. The van der Waals surface area contributed by atoms with Crippen LogP contribution in [-0.4, -0.2) is 41.4 Å². The van der Waals surface area contributed by atoms with Crippen LogP contribution in [-0.2, 0) is 4.74 Å². The smallest absolute Gasteiger partial charge is 0.410 e. The van der Waals surface area contributed by atoms with Crippen molar-refractivity contribution in [3.05, 3.63) is 0 Å². The van der Waals surface area contributed by atoms with Crippen LogP contribution in [0.3, 0.4) is 0 Å². The second-order valence-corrected chi connectivity index (χ2v) is 5.81. The van der Waals surface area contributed by atoms with Gasteiger partial charge in [0.05, 0.1) is 6.42 Å². The van der Waals surface area contributed by atoms with Gasteiger partial charge in [-0.3, -0.25) is 0 Å². The number of rotatable bonds is 1. The van der Waals surface area contributed by atoms with E-state index < -0.39 is 29.8 Å². The summed E-state index contributed by atoms with van der Waals surface area (Å²) in [5.41, 5.74) is 3.61. The van der Waals surface area contributed by atoms with E-state index in [1.54, 1.807) is 20.8 Å². The molecule has 0 saturated carbocycles. The van der Waals surface area contributed by atoms with Crippen LogP contribution in [0.5, 0.6) is 0 Å². The van der Waals surface area contributed by atoms with Gasteiger partial charge in [-0.05, 0) is 27.2 Å². The van der Waals surface area contributed by atoms with E-state index in [-0.39, 0.29) is 19.5 Å². The van der Waals surface area contributed by atoms with Crippen LogP contribution in [0.2, 0.25) is 0 Å². The normalized spacial score (nSPS) is 25.4. The highest BCUT2D eigenvalue weighted by molar-refractivity contribution is 5.68. The zero-order valence-electron chi connectivity index (χ0n) is 10.8. The van der Waals surface area contributed by atoms with E-state index in [0.29, 0.717) is 0 Å². The third-order valence-corrected chi connectivity index (χ3v) is 2.59. The van der Waals surface area contributed by atoms with Gasteiger partial charge >= 0.3 is 12.3 Å². The van der Waals surface area contributed by atoms with Crippen LogP contribution in [0.25, 0.3) is 0 Å². The molecule has 1 aliphatic rings. The standard InChI is InChI=1S/C11H19F3N2O2/c1-9(2,3)18-8(17)16-5-4-10(15,7-16)6-11(12,13)14/h4-7,15H2,1-3H3. The molecule has 4 nitrogen and oxygen atoms in total. The van der Waals surface area contributed by atoms with Crippen molar-refractivity contribution in [1.29, 1.82) is 0 Å². The van der Waals surface area contributed by atoms with Crippen molar-refractivity contribution in [3.8, 4) is 0 Å². The van der Waals surface area contributed by atoms with Gasteiger partial charge in [0.15, 0.2) is 0 Å². The molecule has 1 heterocycles. The number of hydrogen-bond acceptors (Lipinski definition) is 3. The van der Waals surface area contributed by atoms with Gasteiger partial charge < -0.3 is 15.4 Å². The van der Waals surface area contributed by atoms with Crippen molar-refractivity contribution in [2.45, 2.75) is 50.9 Å². The first-order valence-electron chi connectivity index (χ1n) is 5.74. The summed E-state index contributed by atoms with van der Waals surface area (Å²) in [7, 11) is 0. The van der Waals surface area contributed by atoms with Crippen LogP contribution in [0, 0.1) is 0 Å². The Morgan fingerprint density at radius 1 is 1.39 bits per heavy atom. The second-order valence-electron chi connectivity index (χ2n) is 5.81. The lowest BCUT2D eigenvalue weighted by Gasteiger charge is -2.27. The molecule has 106 valence electrons. The van der Waals surface area contributed by atoms with E-state index in [0.717, 1.165) is 0 Å². The van der Waals surface area contributed by atoms with Gasteiger partial charge in [0, 0.05) is 18.6 Å². The van der Waals surface area contributed by atoms with Crippen molar-refractivity contribution in [3.63, 3.8) is 0 Å². The van der Waals surface area contributed by atoms with Gasteiger partial charge in [0.25, 0.3) is 0 Å². The zero-order chi connectivity index (χ0) is 14.2. The summed E-state index contributed by atoms with van der Waals surface area (Å²) in [5, 5.41) is 0. The first kappa shape index (κ1) is 15.1. The summed E-state index contributed by atoms with van der Waals surface area (Å²) < 4.78 is 42.1. The molecule has 0 aliphatic carbocycles. The lowest BCUT2D eigenvalue weighted by Crippen LogP contribution is -2.47. The van der Waals surface area contributed by atoms with Crippen molar-refractivity contribution in [2.24, 2.45) is 5.73 Å². The van der Waals surface area contributed by atoms with Crippen LogP contribution >= 0.6 is 0 Å². The average Bonchev–Trinajstić information content (AvgIpc) is 2.40. The molecule has 0 radical (unpaired) electrons. The fourth-order valence-electron chi connectivity index (χ4n) is 1.92. The molecule has 1 saturated heterocycles. The third kappa shape index (κ3) is 4.72. The molecule has 18 heavy (non-hydrogen) atoms. The zero-order valence-corrected chi connectivity index (χ0v) is 10.8. The molecule has 1 rings (SSSR count). The maximum atomic E-state index is 12.3. The lowest BCUT2D eigenvalue weighted by molar-refractivity contribution is -0.146. The predicted octanol–water partition coefficient (Wildman–Crippen LogP) is 2.28. The Balaban J connectivity index is 2.58. The number of nitrogens with zero attached hydrogens (tertiary/aromatic N) is 1. The summed E-state index contributed by atoms with van der Waals surface area (Å²) in [4.78, 5) is 12.9. The van der Waals surface area contributed by atoms with E-state index in [1.807, 2.05) is 0 Å². The van der Waals surface area contributed by atoms with E-state index in [4.69, 9.17) is 10.5 Å². The Hall–Kier alpha value is -0.980. The molecule has 0 spiro atoms. The lowest BCUT2D eigenvalue weighted by atomic mass is 9.95. The Labute approximate surface area is 104 Å². The van der Waals surface area contributed by atoms with E-state index in [9.17, 15) is 18.0 Å². The van der Waals surface area contributed by atoms with Gasteiger partial charge in [-0.1, -0.05) is 0 Å². The number of carbonyl (C=O) groups is 1. The quantitative estimate of drug-likeness (QED) is 0.793. The number of amides is 1. The average molecular weight is 268 g/mol. The van der Waals surface area contributed by atoms with Gasteiger partial charge in [-0.25, -0.2) is 4.79 Å². The second kappa shape index (κ2) is 4.60. The molecule has 1 atom stereocenters. The number of hydrogen-bond donors (Lipinski definition) is 1. The molecule has 0 bridgehead atoms. The van der Waals surface area contributed by atoms with Gasteiger partial charge in [-0.15, -0.1) is 0 Å². The molecular weight excluding hydrogens is 249 g/mol. The van der Waals surface area contributed by atoms with Crippen LogP contribution < -0.4 is 5.73 Å². The molecule has 0 aromatic carbocycles. The first-order chi connectivity index (χ1) is 7.90. The third-order valence-electron chi connectivity index (χ3n) is 2.59. The van der Waals surface area contributed by atoms with E-state index in [2.05, 4.69) is 0 Å². The molecule has 0 aromatic rings. The number of halogens is 3. The topological polar surface area (TPSA) is 55.6 Å². The highest BCUT2D eigenvalue weighted by Crippen LogP contribution is 2.32. The maximum Gasteiger partial charge on any atom is 0.410 e. The number of ether oxygens (including phenoxy) is 1. The van der Waals surface area contributed by atoms with Crippen LogP contribution in [0.1, 0.15) is 33.6 Å². The number of alkyl halides is 3. The number of nitrogens with two attached hydrogens (primary N) is 1. The summed E-state index contributed by atoms with van der Waals surface area (Å²) in [6.07, 6.45) is -5.89. The molecule has 1 fully saturated rings. The monoisotopic (exact) mass is 268 g/mol. The highest BCUT2D eigenvalue weighted by Gasteiger charge is 2.45. The summed E-state index contributed by atoms with van der Waals surface area (Å²) >= 11 is 0. The van der Waals surface area contributed by atoms with Crippen LogP contribution in [0.15, 0.2) is 0 Å². The fourth-order valence-corrected chi connectivity index (χ4v) is 1.92. The molecule has 2 N–H and O–H groups in total. The summed E-state index contributed by atoms with van der Waals surface area (Å²) in [6.45, 7) is 5.17. The van der Waals surface area contributed by atoms with Gasteiger partial charge in [0.2, 0.25) is 0 Å². The van der Waals surface area contributed by atoms with E-state index >= 15 is 0 Å². The first-order valence-corrected chi connectivity index (χ1v) is 5.74. The Kier molecular flexibility index (Phi) is 3.86. The van der Waals surface area contributed by atoms with Gasteiger partial charge in [0.1, 0.15) is 5.60 Å². The van der Waals surface area contributed by atoms with Crippen molar-refractivity contribution >= 4 is 6.09 Å². The largest absolute Gasteiger partial charge is 0.444 e. The van der Waals surface area contributed by atoms with Crippen molar-refractivity contribution in [1.82, 2.24) is 4.90 Å². The fraction of sp³-hybridized carbons (Fsp3) is 0.909. The van der Waals surface area contributed by atoms with Crippen LogP contribution in [0.4, 0.5) is 18.0 Å². The van der Waals surface area contributed by atoms with Crippen molar-refractivity contribution < 1.29 is 22.7 Å². The summed E-state index contributed by atoms with van der Waals surface area (Å²) in [5.74, 6) is 0. The van der Waals surface area contributed by atoms with Crippen molar-refractivity contribution in [2.75, 3.05) is 13.1 Å². The molecule has 1 unspecified atom stereocenters. The maximum absolute atomic E-state index is 12.3. The molecular formula is C11H19F3N2O2. The molecule has 7 heteroatoms. The molecule has 1 aliphatic heterocycles. The minimum absolute atomic E-state index is 0.124. The van der Waals surface area contributed by atoms with Gasteiger partial charge in [-0.2, -0.15) is 13.2 Å². The minimum Gasteiger partial charge on any atom is -0.444 e. The Morgan fingerprint density at radius 3 is 2.39 bits per heavy atom. The molecule has 0 aromatic heterocycles. The highest BCUT2D eigenvalue weighted by atomic mass is 19.4. The minimum atomic E-state index is -4.32. The number of likely N-dealkylation sites (tertiary alicyclic amines) is 1. The molecule has 1 amide bonds. The summed E-state index contributed by atoms with van der Waals surface area (Å²) in [6, 6.07) is 0. The predicted molar refractivity (Wildman–Crippen MR) is 60.0 cm³/mol.